The lowest BCUT2D eigenvalue weighted by molar-refractivity contribution is -0.161. The third-order valence-corrected chi connectivity index (χ3v) is 6.03. The van der Waals surface area contributed by atoms with Crippen LogP contribution in [0.1, 0.15) is 67.4 Å². The van der Waals surface area contributed by atoms with Crippen molar-refractivity contribution >= 4 is 21.7 Å². The molecule has 1 aromatic carbocycles. The SMILES string of the molecule is COc1c(CCOC2CCCCO2)cc2c(c1Br)C(C)(C)CCC2=O. The zero-order valence-electron chi connectivity index (χ0n) is 15.3. The van der Waals surface area contributed by atoms with Crippen molar-refractivity contribution in [1.29, 1.82) is 0 Å². The Bertz CT molecular complexity index is 648. The van der Waals surface area contributed by atoms with Crippen LogP contribution in [0.4, 0.5) is 0 Å². The largest absolute Gasteiger partial charge is 0.495 e. The second kappa shape index (κ2) is 7.77. The summed E-state index contributed by atoms with van der Waals surface area (Å²) in [5, 5.41) is 0. The van der Waals surface area contributed by atoms with Crippen LogP contribution in [0.15, 0.2) is 10.5 Å². The van der Waals surface area contributed by atoms with E-state index in [0.717, 1.165) is 59.2 Å². The fourth-order valence-corrected chi connectivity index (χ4v) is 4.97. The topological polar surface area (TPSA) is 44.8 Å². The fourth-order valence-electron chi connectivity index (χ4n) is 3.80. The normalized spacial score (nSPS) is 22.6. The second-order valence-corrected chi connectivity index (χ2v) is 8.32. The number of carbonyl (C=O) groups is 1. The number of methoxy groups -OCH3 is 1. The Morgan fingerprint density at radius 3 is 2.84 bits per heavy atom. The van der Waals surface area contributed by atoms with E-state index in [4.69, 9.17) is 14.2 Å². The van der Waals surface area contributed by atoms with E-state index in [0.29, 0.717) is 19.4 Å². The molecule has 1 saturated heterocycles. The van der Waals surface area contributed by atoms with Crippen molar-refractivity contribution in [3.05, 3.63) is 27.2 Å². The first kappa shape index (κ1) is 18.9. The van der Waals surface area contributed by atoms with Crippen LogP contribution < -0.4 is 4.74 Å². The number of fused-ring (bicyclic) bond motifs is 1. The van der Waals surface area contributed by atoms with E-state index in [1.54, 1.807) is 7.11 Å². The van der Waals surface area contributed by atoms with Gasteiger partial charge in [-0.1, -0.05) is 13.8 Å². The molecule has 1 aliphatic heterocycles. The molecule has 1 fully saturated rings. The Balaban J connectivity index is 1.83. The second-order valence-electron chi connectivity index (χ2n) is 7.53. The Hall–Kier alpha value is -0.910. The Morgan fingerprint density at radius 2 is 2.16 bits per heavy atom. The van der Waals surface area contributed by atoms with Gasteiger partial charge in [0.15, 0.2) is 12.1 Å². The van der Waals surface area contributed by atoms with E-state index in [9.17, 15) is 4.79 Å². The molecule has 5 heteroatoms. The molecule has 0 saturated carbocycles. The number of ether oxygens (including phenoxy) is 3. The molecule has 0 amide bonds. The molecule has 25 heavy (non-hydrogen) atoms. The Labute approximate surface area is 158 Å². The Morgan fingerprint density at radius 1 is 1.36 bits per heavy atom. The van der Waals surface area contributed by atoms with Gasteiger partial charge in [0.2, 0.25) is 0 Å². The highest BCUT2D eigenvalue weighted by atomic mass is 79.9. The molecular formula is C20H27BrO4. The minimum Gasteiger partial charge on any atom is -0.495 e. The number of halogens is 1. The molecule has 1 atom stereocenters. The van der Waals surface area contributed by atoms with Gasteiger partial charge in [-0.2, -0.15) is 0 Å². The summed E-state index contributed by atoms with van der Waals surface area (Å²) in [6.07, 6.45) is 5.29. The van der Waals surface area contributed by atoms with E-state index in [-0.39, 0.29) is 17.5 Å². The molecule has 3 rings (SSSR count). The van der Waals surface area contributed by atoms with Crippen molar-refractivity contribution in [1.82, 2.24) is 0 Å². The highest BCUT2D eigenvalue weighted by Crippen LogP contribution is 2.46. The van der Waals surface area contributed by atoms with Crippen LogP contribution in [0, 0.1) is 0 Å². The number of hydrogen-bond donors (Lipinski definition) is 0. The molecule has 1 aliphatic carbocycles. The standard InChI is InChI=1S/C20H27BrO4/c1-20(2)9-7-15(22)14-12-13(19(23-3)18(21)17(14)20)8-11-25-16-6-4-5-10-24-16/h12,16H,4-11H2,1-3H3. The number of Topliss-reactive ketones (excluding diaryl/α,β-unsaturated/α-hetero) is 1. The van der Waals surface area contributed by atoms with Gasteiger partial charge in [0.25, 0.3) is 0 Å². The minimum absolute atomic E-state index is 0.0413. The molecule has 0 bridgehead atoms. The smallest absolute Gasteiger partial charge is 0.163 e. The first-order valence-corrected chi connectivity index (χ1v) is 9.89. The van der Waals surface area contributed by atoms with Crippen molar-refractivity contribution in [3.63, 3.8) is 0 Å². The quantitative estimate of drug-likeness (QED) is 0.699. The van der Waals surface area contributed by atoms with Crippen LogP contribution in [0.5, 0.6) is 5.75 Å². The molecule has 138 valence electrons. The summed E-state index contributed by atoms with van der Waals surface area (Å²) in [6.45, 7) is 5.71. The first-order valence-electron chi connectivity index (χ1n) is 9.10. The molecule has 4 nitrogen and oxygen atoms in total. The molecule has 0 N–H and O–H groups in total. The summed E-state index contributed by atoms with van der Waals surface area (Å²) in [5.74, 6) is 1.03. The van der Waals surface area contributed by atoms with Gasteiger partial charge in [0.1, 0.15) is 5.75 Å². The van der Waals surface area contributed by atoms with Crippen molar-refractivity contribution < 1.29 is 19.0 Å². The van der Waals surface area contributed by atoms with Gasteiger partial charge in [0, 0.05) is 18.6 Å². The average molecular weight is 411 g/mol. The number of hydrogen-bond acceptors (Lipinski definition) is 4. The van der Waals surface area contributed by atoms with Crippen LogP contribution in [0.25, 0.3) is 0 Å². The average Bonchev–Trinajstić information content (AvgIpc) is 2.59. The highest BCUT2D eigenvalue weighted by Gasteiger charge is 2.35. The van der Waals surface area contributed by atoms with Gasteiger partial charge in [-0.3, -0.25) is 4.79 Å². The number of benzene rings is 1. The maximum atomic E-state index is 12.5. The molecule has 2 aliphatic rings. The molecule has 0 spiro atoms. The van der Waals surface area contributed by atoms with E-state index in [1.165, 1.54) is 0 Å². The van der Waals surface area contributed by atoms with Crippen LogP contribution in [-0.2, 0) is 21.3 Å². The van der Waals surface area contributed by atoms with Crippen molar-refractivity contribution in [2.45, 2.75) is 64.1 Å². The lowest BCUT2D eigenvalue weighted by Gasteiger charge is -2.34. The monoisotopic (exact) mass is 410 g/mol. The van der Waals surface area contributed by atoms with Gasteiger partial charge < -0.3 is 14.2 Å². The summed E-state index contributed by atoms with van der Waals surface area (Å²) >= 11 is 3.71. The Kier molecular flexibility index (Phi) is 5.86. The van der Waals surface area contributed by atoms with Crippen molar-refractivity contribution in [2.24, 2.45) is 0 Å². The molecular weight excluding hydrogens is 384 g/mol. The third-order valence-electron chi connectivity index (χ3n) is 5.27. The van der Waals surface area contributed by atoms with Gasteiger partial charge in [-0.15, -0.1) is 0 Å². The molecule has 1 aromatic rings. The summed E-state index contributed by atoms with van der Waals surface area (Å²) in [4.78, 5) is 12.5. The van der Waals surface area contributed by atoms with Crippen LogP contribution in [-0.4, -0.2) is 32.4 Å². The van der Waals surface area contributed by atoms with Crippen LogP contribution in [0.2, 0.25) is 0 Å². The lowest BCUT2D eigenvalue weighted by atomic mass is 9.71. The number of rotatable bonds is 5. The maximum Gasteiger partial charge on any atom is 0.163 e. The summed E-state index contributed by atoms with van der Waals surface area (Å²) in [6, 6.07) is 2.01. The van der Waals surface area contributed by atoms with E-state index >= 15 is 0 Å². The highest BCUT2D eigenvalue weighted by molar-refractivity contribution is 9.10. The maximum absolute atomic E-state index is 12.5. The van der Waals surface area contributed by atoms with Crippen LogP contribution >= 0.6 is 15.9 Å². The van der Waals surface area contributed by atoms with Gasteiger partial charge in [-0.05, 0) is 70.6 Å². The first-order chi connectivity index (χ1) is 11.9. The zero-order chi connectivity index (χ0) is 18.0. The van der Waals surface area contributed by atoms with E-state index in [2.05, 4.69) is 29.8 Å². The predicted molar refractivity (Wildman–Crippen MR) is 101 cm³/mol. The van der Waals surface area contributed by atoms with Crippen LogP contribution in [0.3, 0.4) is 0 Å². The summed E-state index contributed by atoms with van der Waals surface area (Å²) in [7, 11) is 1.68. The number of carbonyl (C=O) groups excluding carboxylic acids is 1. The fraction of sp³-hybridized carbons (Fsp3) is 0.650. The lowest BCUT2D eigenvalue weighted by Crippen LogP contribution is -2.28. The molecule has 1 heterocycles. The van der Waals surface area contributed by atoms with Gasteiger partial charge >= 0.3 is 0 Å². The third kappa shape index (κ3) is 3.93. The summed E-state index contributed by atoms with van der Waals surface area (Å²) < 4.78 is 18.1. The van der Waals surface area contributed by atoms with E-state index < -0.39 is 0 Å². The van der Waals surface area contributed by atoms with Gasteiger partial charge in [0.05, 0.1) is 18.2 Å². The molecule has 1 unspecified atom stereocenters. The predicted octanol–water partition coefficient (Wildman–Crippen LogP) is 4.80. The van der Waals surface area contributed by atoms with Gasteiger partial charge in [-0.25, -0.2) is 0 Å². The number of ketones is 1. The van der Waals surface area contributed by atoms with E-state index in [1.807, 2.05) is 6.07 Å². The zero-order valence-corrected chi connectivity index (χ0v) is 16.9. The summed E-state index contributed by atoms with van der Waals surface area (Å²) in [5.41, 5.74) is 2.86. The van der Waals surface area contributed by atoms with Crippen molar-refractivity contribution in [3.8, 4) is 5.75 Å². The minimum atomic E-state index is -0.0959. The molecule has 0 aromatic heterocycles. The molecule has 0 radical (unpaired) electrons. The van der Waals surface area contributed by atoms with Crippen molar-refractivity contribution in [2.75, 3.05) is 20.3 Å².